The lowest BCUT2D eigenvalue weighted by atomic mass is 10.0. The zero-order chi connectivity index (χ0) is 23.9. The zero-order valence-corrected chi connectivity index (χ0v) is 20.5. The first kappa shape index (κ1) is 30.6. The molecule has 1 atom stereocenters. The van der Waals surface area contributed by atoms with E-state index in [0.29, 0.717) is 0 Å². The number of carboxylic acid groups (broad SMARTS) is 1. The van der Waals surface area contributed by atoms with Crippen LogP contribution in [0.3, 0.4) is 0 Å². The van der Waals surface area contributed by atoms with Crippen LogP contribution in [0.15, 0.2) is 12.2 Å². The van der Waals surface area contributed by atoms with E-state index in [2.05, 4.69) is 6.92 Å². The summed E-state index contributed by atoms with van der Waals surface area (Å²) in [6.07, 6.45) is 22.5. The van der Waals surface area contributed by atoms with Crippen molar-refractivity contribution in [1.29, 1.82) is 0 Å². The monoisotopic (exact) mass is 455 g/mol. The number of rotatable bonds is 23. The first-order valence-corrected chi connectivity index (χ1v) is 13.0. The molecule has 0 saturated carbocycles. The summed E-state index contributed by atoms with van der Waals surface area (Å²) in [6, 6.07) is 0. The van der Waals surface area contributed by atoms with E-state index in [9.17, 15) is 14.7 Å². The van der Waals surface area contributed by atoms with Gasteiger partial charge in [0.1, 0.15) is 0 Å². The van der Waals surface area contributed by atoms with Crippen molar-refractivity contribution in [1.82, 2.24) is 4.90 Å². The molecule has 0 aliphatic heterocycles. The van der Waals surface area contributed by atoms with E-state index >= 15 is 0 Å². The molecule has 0 aliphatic carbocycles. The molecule has 188 valence electrons. The Balaban J connectivity index is 3.79. The molecule has 0 aliphatic rings. The van der Waals surface area contributed by atoms with Crippen molar-refractivity contribution in [2.24, 2.45) is 5.92 Å². The molecule has 3 N–H and O–H groups in total. The lowest BCUT2D eigenvalue weighted by Crippen LogP contribution is -2.37. The molecule has 6 nitrogen and oxygen atoms in total. The fourth-order valence-electron chi connectivity index (χ4n) is 3.87. The topological polar surface area (TPSA) is 98.1 Å². The van der Waals surface area contributed by atoms with Gasteiger partial charge >= 0.3 is 5.97 Å². The third kappa shape index (κ3) is 18.2. The van der Waals surface area contributed by atoms with Crippen molar-refractivity contribution >= 4 is 11.9 Å². The third-order valence-electron chi connectivity index (χ3n) is 5.90. The second kappa shape index (κ2) is 22.8. The summed E-state index contributed by atoms with van der Waals surface area (Å²) in [4.78, 5) is 25.0. The normalized spacial score (nSPS) is 12.3. The number of carbonyl (C=O) groups excluding carboxylic acids is 1. The minimum atomic E-state index is -1.02. The van der Waals surface area contributed by atoms with Gasteiger partial charge < -0.3 is 20.2 Å². The number of allylic oxidation sites excluding steroid dienone is 1. The van der Waals surface area contributed by atoms with E-state index in [1.807, 2.05) is 6.08 Å². The molecule has 0 fully saturated rings. The number of aliphatic hydroxyl groups is 2. The minimum Gasteiger partial charge on any atom is -0.481 e. The van der Waals surface area contributed by atoms with Crippen molar-refractivity contribution in [3.63, 3.8) is 0 Å². The van der Waals surface area contributed by atoms with Crippen LogP contribution in [0.2, 0.25) is 0 Å². The van der Waals surface area contributed by atoms with Gasteiger partial charge in [-0.1, -0.05) is 103 Å². The Morgan fingerprint density at radius 1 is 0.750 bits per heavy atom. The maximum Gasteiger partial charge on any atom is 0.310 e. The predicted octanol–water partition coefficient (Wildman–Crippen LogP) is 5.32. The van der Waals surface area contributed by atoms with Gasteiger partial charge in [0.25, 0.3) is 0 Å². The van der Waals surface area contributed by atoms with Gasteiger partial charge in [0, 0.05) is 19.5 Å². The highest BCUT2D eigenvalue weighted by molar-refractivity contribution is 5.83. The molecule has 0 aromatic heterocycles. The van der Waals surface area contributed by atoms with Crippen LogP contribution in [0.4, 0.5) is 0 Å². The molecule has 0 bridgehead atoms. The van der Waals surface area contributed by atoms with Gasteiger partial charge in [0.15, 0.2) is 0 Å². The SMILES string of the molecule is CCCCCCCCCCCCCCCCC=CC(CC(=O)N(CCO)CCO)C(=O)O. The lowest BCUT2D eigenvalue weighted by molar-refractivity contribution is -0.144. The van der Waals surface area contributed by atoms with Crippen molar-refractivity contribution < 1.29 is 24.9 Å². The lowest BCUT2D eigenvalue weighted by Gasteiger charge is -2.21. The van der Waals surface area contributed by atoms with E-state index in [-0.39, 0.29) is 38.6 Å². The molecule has 1 unspecified atom stereocenters. The van der Waals surface area contributed by atoms with Crippen LogP contribution >= 0.6 is 0 Å². The molecule has 6 heteroatoms. The first-order valence-electron chi connectivity index (χ1n) is 13.0. The highest BCUT2D eigenvalue weighted by atomic mass is 16.4. The number of carbonyl (C=O) groups is 2. The molecule has 0 radical (unpaired) electrons. The Bertz CT molecular complexity index is 475. The van der Waals surface area contributed by atoms with Gasteiger partial charge in [-0.05, 0) is 12.8 Å². The van der Waals surface area contributed by atoms with Crippen molar-refractivity contribution in [3.05, 3.63) is 12.2 Å². The van der Waals surface area contributed by atoms with Gasteiger partial charge in [0.2, 0.25) is 5.91 Å². The van der Waals surface area contributed by atoms with Gasteiger partial charge in [0.05, 0.1) is 19.1 Å². The summed E-state index contributed by atoms with van der Waals surface area (Å²) in [5.74, 6) is -2.25. The second-order valence-electron chi connectivity index (χ2n) is 8.79. The van der Waals surface area contributed by atoms with Crippen LogP contribution in [0.5, 0.6) is 0 Å². The summed E-state index contributed by atoms with van der Waals surface area (Å²) < 4.78 is 0. The maximum atomic E-state index is 12.2. The number of hydrogen-bond acceptors (Lipinski definition) is 4. The van der Waals surface area contributed by atoms with E-state index in [1.165, 1.54) is 81.9 Å². The molecule has 1 amide bonds. The van der Waals surface area contributed by atoms with E-state index in [4.69, 9.17) is 10.2 Å². The second-order valence-corrected chi connectivity index (χ2v) is 8.79. The van der Waals surface area contributed by atoms with E-state index < -0.39 is 11.9 Å². The van der Waals surface area contributed by atoms with Gasteiger partial charge in [-0.3, -0.25) is 9.59 Å². The molecule has 0 rings (SSSR count). The minimum absolute atomic E-state index is 0.106. The van der Waals surface area contributed by atoms with Crippen LogP contribution in [0.25, 0.3) is 0 Å². The number of aliphatic carboxylic acids is 1. The first-order chi connectivity index (χ1) is 15.6. The highest BCUT2D eigenvalue weighted by Crippen LogP contribution is 2.14. The van der Waals surface area contributed by atoms with Crippen LogP contribution in [-0.2, 0) is 9.59 Å². The Labute approximate surface area is 196 Å². The van der Waals surface area contributed by atoms with Crippen molar-refractivity contribution in [3.8, 4) is 0 Å². The summed E-state index contributed by atoms with van der Waals surface area (Å²) in [5.41, 5.74) is 0. The van der Waals surface area contributed by atoms with Crippen LogP contribution < -0.4 is 0 Å². The van der Waals surface area contributed by atoms with Gasteiger partial charge in [-0.25, -0.2) is 0 Å². The molecule has 32 heavy (non-hydrogen) atoms. The Morgan fingerprint density at radius 3 is 1.59 bits per heavy atom. The average Bonchev–Trinajstić information content (AvgIpc) is 2.77. The van der Waals surface area contributed by atoms with E-state index in [1.54, 1.807) is 6.08 Å². The Hall–Kier alpha value is -1.40. The number of aliphatic hydroxyl groups excluding tert-OH is 2. The fraction of sp³-hybridized carbons (Fsp3) is 0.846. The van der Waals surface area contributed by atoms with Gasteiger partial charge in [-0.15, -0.1) is 0 Å². The smallest absolute Gasteiger partial charge is 0.310 e. The van der Waals surface area contributed by atoms with Crippen LogP contribution in [-0.4, -0.2) is 58.4 Å². The molecule has 0 aromatic rings. The standard InChI is InChI=1S/C26H49NO5/c1-2-3-4-5-6-7-8-9-10-11-12-13-14-15-16-17-18-24(26(31)32)23-25(30)27(19-21-28)20-22-29/h17-18,24,28-29H,2-16,19-23H2,1H3,(H,31,32). The maximum absolute atomic E-state index is 12.2. The van der Waals surface area contributed by atoms with Gasteiger partial charge in [-0.2, -0.15) is 0 Å². The number of carboxylic acids is 1. The molecule has 0 saturated heterocycles. The van der Waals surface area contributed by atoms with Crippen molar-refractivity contribution in [2.75, 3.05) is 26.3 Å². The summed E-state index contributed by atoms with van der Waals surface area (Å²) in [7, 11) is 0. The largest absolute Gasteiger partial charge is 0.481 e. The summed E-state index contributed by atoms with van der Waals surface area (Å²) in [5, 5.41) is 27.4. The molecular weight excluding hydrogens is 406 g/mol. The quantitative estimate of drug-likeness (QED) is 0.143. The zero-order valence-electron chi connectivity index (χ0n) is 20.5. The predicted molar refractivity (Wildman–Crippen MR) is 131 cm³/mol. The summed E-state index contributed by atoms with van der Waals surface area (Å²) >= 11 is 0. The Morgan fingerprint density at radius 2 is 1.19 bits per heavy atom. The summed E-state index contributed by atoms with van der Waals surface area (Å²) in [6.45, 7) is 2.05. The number of unbranched alkanes of at least 4 members (excludes halogenated alkanes) is 14. The van der Waals surface area contributed by atoms with E-state index in [0.717, 1.165) is 19.3 Å². The molecular formula is C26H49NO5. The number of hydrogen-bond donors (Lipinski definition) is 3. The Kier molecular flexibility index (Phi) is 21.8. The third-order valence-corrected chi connectivity index (χ3v) is 5.90. The van der Waals surface area contributed by atoms with Crippen LogP contribution in [0.1, 0.15) is 110 Å². The molecule has 0 spiro atoms. The molecule has 0 aromatic carbocycles. The fourth-order valence-corrected chi connectivity index (χ4v) is 3.87. The average molecular weight is 456 g/mol. The van der Waals surface area contributed by atoms with Crippen molar-refractivity contribution in [2.45, 2.75) is 110 Å². The molecule has 0 heterocycles. The number of amides is 1. The number of nitrogens with zero attached hydrogens (tertiary/aromatic N) is 1. The van der Waals surface area contributed by atoms with Crippen LogP contribution in [0, 0.1) is 5.92 Å². The highest BCUT2D eigenvalue weighted by Gasteiger charge is 2.21.